The zero-order valence-corrected chi connectivity index (χ0v) is 21.8. The monoisotopic (exact) mass is 484 g/mol. The Hall–Kier alpha value is -3.37. The number of carbonyl (C=O) groups is 1. The largest absolute Gasteiger partial charge is 0.490 e. The van der Waals surface area contributed by atoms with Crippen molar-refractivity contribution in [3.05, 3.63) is 95.1 Å². The summed E-state index contributed by atoms with van der Waals surface area (Å²) in [6.07, 6.45) is 3.18. The third-order valence-corrected chi connectivity index (χ3v) is 6.82. The van der Waals surface area contributed by atoms with E-state index < -0.39 is 6.10 Å². The molecule has 36 heavy (non-hydrogen) atoms. The molecule has 1 aliphatic rings. The molecule has 2 atom stereocenters. The lowest BCUT2D eigenvalue weighted by molar-refractivity contribution is -0.156. The predicted molar refractivity (Wildman–Crippen MR) is 145 cm³/mol. The molecule has 0 aliphatic heterocycles. The van der Waals surface area contributed by atoms with Crippen LogP contribution in [0, 0.1) is 0 Å². The van der Waals surface area contributed by atoms with Gasteiger partial charge < -0.3 is 14.2 Å². The van der Waals surface area contributed by atoms with Gasteiger partial charge in [0.05, 0.1) is 6.61 Å². The summed E-state index contributed by atoms with van der Waals surface area (Å²) in [7, 11) is 0. The van der Waals surface area contributed by atoms with Crippen molar-refractivity contribution < 1.29 is 19.0 Å². The Balaban J connectivity index is 1.49. The highest BCUT2D eigenvalue weighted by Crippen LogP contribution is 2.47. The van der Waals surface area contributed by atoms with Crippen LogP contribution < -0.4 is 4.74 Å². The van der Waals surface area contributed by atoms with Gasteiger partial charge in [0.15, 0.2) is 6.10 Å². The number of rotatable bonds is 11. The molecule has 4 nitrogen and oxygen atoms in total. The summed E-state index contributed by atoms with van der Waals surface area (Å²) in [5.74, 6) is 0.979. The lowest BCUT2D eigenvalue weighted by Crippen LogP contribution is -2.28. The number of esters is 1. The van der Waals surface area contributed by atoms with Crippen molar-refractivity contribution >= 4 is 11.5 Å². The SMILES string of the molecule is CCOC(=O)C(Cc1ccc(OCC=C2c3ccccc3-c3c2cccc3C(C)CC)cc1)OCC. The van der Waals surface area contributed by atoms with Gasteiger partial charge in [0.25, 0.3) is 0 Å². The summed E-state index contributed by atoms with van der Waals surface area (Å²) in [5.41, 5.74) is 8.88. The van der Waals surface area contributed by atoms with Gasteiger partial charge in [-0.05, 0) is 83.3 Å². The summed E-state index contributed by atoms with van der Waals surface area (Å²) < 4.78 is 16.8. The van der Waals surface area contributed by atoms with E-state index in [1.807, 2.05) is 31.2 Å². The van der Waals surface area contributed by atoms with Gasteiger partial charge in [0, 0.05) is 13.0 Å². The molecule has 0 aromatic heterocycles. The minimum Gasteiger partial charge on any atom is -0.490 e. The average molecular weight is 485 g/mol. The zero-order valence-electron chi connectivity index (χ0n) is 21.8. The minimum atomic E-state index is -0.589. The Morgan fingerprint density at radius 3 is 2.28 bits per heavy atom. The van der Waals surface area contributed by atoms with Crippen molar-refractivity contribution in [1.29, 1.82) is 0 Å². The van der Waals surface area contributed by atoms with Gasteiger partial charge in [-0.1, -0.05) is 68.4 Å². The fourth-order valence-corrected chi connectivity index (χ4v) is 4.83. The molecule has 4 rings (SSSR count). The van der Waals surface area contributed by atoms with Crippen molar-refractivity contribution in [3.8, 4) is 16.9 Å². The Kier molecular flexibility index (Phi) is 8.61. The van der Waals surface area contributed by atoms with Crippen LogP contribution in [0.1, 0.15) is 62.3 Å². The van der Waals surface area contributed by atoms with Crippen LogP contribution in [0.5, 0.6) is 5.75 Å². The molecule has 3 aromatic carbocycles. The summed E-state index contributed by atoms with van der Waals surface area (Å²) in [4.78, 5) is 12.1. The molecule has 0 fully saturated rings. The van der Waals surface area contributed by atoms with Crippen LogP contribution in [-0.2, 0) is 20.7 Å². The number of fused-ring (bicyclic) bond motifs is 3. The van der Waals surface area contributed by atoms with Gasteiger partial charge in [-0.25, -0.2) is 4.79 Å². The Labute approximate surface area is 214 Å². The Bertz CT molecular complexity index is 1210. The predicted octanol–water partition coefficient (Wildman–Crippen LogP) is 7.20. The summed E-state index contributed by atoms with van der Waals surface area (Å²) in [6, 6.07) is 23.2. The van der Waals surface area contributed by atoms with Crippen LogP contribution in [-0.4, -0.2) is 31.9 Å². The number of hydrogen-bond acceptors (Lipinski definition) is 4. The highest BCUT2D eigenvalue weighted by Gasteiger charge is 2.26. The first kappa shape index (κ1) is 25.7. The van der Waals surface area contributed by atoms with Gasteiger partial charge >= 0.3 is 5.97 Å². The number of ether oxygens (including phenoxy) is 3. The van der Waals surface area contributed by atoms with E-state index in [0.29, 0.717) is 32.2 Å². The minimum absolute atomic E-state index is 0.320. The Morgan fingerprint density at radius 1 is 0.861 bits per heavy atom. The fourth-order valence-electron chi connectivity index (χ4n) is 4.83. The van der Waals surface area contributed by atoms with E-state index in [-0.39, 0.29) is 5.97 Å². The first-order valence-electron chi connectivity index (χ1n) is 13.0. The van der Waals surface area contributed by atoms with Gasteiger partial charge in [-0.15, -0.1) is 0 Å². The third-order valence-electron chi connectivity index (χ3n) is 6.82. The van der Waals surface area contributed by atoms with Crippen LogP contribution in [0.2, 0.25) is 0 Å². The second-order valence-electron chi connectivity index (χ2n) is 9.10. The third kappa shape index (κ3) is 5.55. The van der Waals surface area contributed by atoms with Crippen molar-refractivity contribution in [2.24, 2.45) is 0 Å². The summed E-state index contributed by atoms with van der Waals surface area (Å²) >= 11 is 0. The first-order valence-corrected chi connectivity index (χ1v) is 13.0. The molecular formula is C32H36O4. The normalized spacial score (nSPS) is 14.7. The smallest absolute Gasteiger partial charge is 0.335 e. The second-order valence-corrected chi connectivity index (χ2v) is 9.10. The lowest BCUT2D eigenvalue weighted by Gasteiger charge is -2.15. The molecule has 1 aliphatic carbocycles. The summed E-state index contributed by atoms with van der Waals surface area (Å²) in [6.45, 7) is 9.51. The van der Waals surface area contributed by atoms with E-state index in [0.717, 1.165) is 17.7 Å². The van der Waals surface area contributed by atoms with Gasteiger partial charge in [0.2, 0.25) is 0 Å². The van der Waals surface area contributed by atoms with Crippen molar-refractivity contribution in [2.45, 2.75) is 52.6 Å². The van der Waals surface area contributed by atoms with Gasteiger partial charge in [-0.2, -0.15) is 0 Å². The standard InChI is InChI=1S/C32H36O4/c1-5-22(4)25-13-10-14-29-27(26-11-8-9-12-28(26)31(25)29)19-20-36-24-17-15-23(16-18-24)21-30(34-6-2)32(33)35-7-3/h8-19,22,30H,5-7,20-21H2,1-4H3. The van der Waals surface area contributed by atoms with E-state index in [4.69, 9.17) is 14.2 Å². The number of carbonyl (C=O) groups excluding carboxylic acids is 1. The molecule has 0 spiro atoms. The molecule has 2 unspecified atom stereocenters. The second kappa shape index (κ2) is 12.0. The van der Waals surface area contributed by atoms with Crippen LogP contribution in [0.4, 0.5) is 0 Å². The maximum Gasteiger partial charge on any atom is 0.335 e. The highest BCUT2D eigenvalue weighted by atomic mass is 16.6. The fraction of sp³-hybridized carbons (Fsp3) is 0.344. The van der Waals surface area contributed by atoms with Gasteiger partial charge in [0.1, 0.15) is 12.4 Å². The van der Waals surface area contributed by atoms with Crippen LogP contribution in [0.3, 0.4) is 0 Å². The topological polar surface area (TPSA) is 44.8 Å². The van der Waals surface area contributed by atoms with E-state index in [1.54, 1.807) is 6.92 Å². The van der Waals surface area contributed by atoms with E-state index in [1.165, 1.54) is 33.4 Å². The molecule has 0 N–H and O–H groups in total. The quantitative estimate of drug-likeness (QED) is 0.211. The van der Waals surface area contributed by atoms with Crippen LogP contribution >= 0.6 is 0 Å². The maximum absolute atomic E-state index is 12.1. The van der Waals surface area contributed by atoms with Crippen molar-refractivity contribution in [2.75, 3.05) is 19.8 Å². The average Bonchev–Trinajstić information content (AvgIpc) is 3.23. The van der Waals surface area contributed by atoms with E-state index in [9.17, 15) is 4.79 Å². The van der Waals surface area contributed by atoms with Crippen molar-refractivity contribution in [1.82, 2.24) is 0 Å². The molecular weight excluding hydrogens is 448 g/mol. The molecule has 188 valence electrons. The zero-order chi connectivity index (χ0) is 25.5. The van der Waals surface area contributed by atoms with E-state index >= 15 is 0 Å². The van der Waals surface area contributed by atoms with Crippen LogP contribution in [0.15, 0.2) is 72.8 Å². The molecule has 0 heterocycles. The van der Waals surface area contributed by atoms with E-state index in [2.05, 4.69) is 62.4 Å². The highest BCUT2D eigenvalue weighted by molar-refractivity contribution is 6.02. The molecule has 4 heteroatoms. The molecule has 0 saturated heterocycles. The Morgan fingerprint density at radius 2 is 1.58 bits per heavy atom. The molecule has 3 aromatic rings. The molecule has 0 bridgehead atoms. The number of hydrogen-bond donors (Lipinski definition) is 0. The maximum atomic E-state index is 12.1. The summed E-state index contributed by atoms with van der Waals surface area (Å²) in [5, 5.41) is 0. The van der Waals surface area contributed by atoms with Gasteiger partial charge in [-0.3, -0.25) is 0 Å². The van der Waals surface area contributed by atoms with Crippen molar-refractivity contribution in [3.63, 3.8) is 0 Å². The first-order chi connectivity index (χ1) is 17.6. The van der Waals surface area contributed by atoms with Crippen LogP contribution in [0.25, 0.3) is 16.7 Å². The lowest BCUT2D eigenvalue weighted by atomic mass is 9.89. The molecule has 0 amide bonds. The molecule has 0 saturated carbocycles. The molecule has 0 radical (unpaired) electrons. The number of benzene rings is 3.